The van der Waals surface area contributed by atoms with Gasteiger partial charge in [-0.05, 0) is 42.7 Å². The van der Waals surface area contributed by atoms with E-state index in [1.165, 1.54) is 28.6 Å². The third-order valence-electron chi connectivity index (χ3n) is 3.92. The molecule has 0 radical (unpaired) electrons. The highest BCUT2D eigenvalue weighted by Gasteiger charge is 2.18. The number of rotatable bonds is 3. The number of nitrogens with zero attached hydrogens (tertiary/aromatic N) is 1. The summed E-state index contributed by atoms with van der Waals surface area (Å²) < 4.78 is 15.5. The molecular formula is C20H20FN. The van der Waals surface area contributed by atoms with Crippen molar-refractivity contribution >= 4 is 17.0 Å². The lowest BCUT2D eigenvalue weighted by Gasteiger charge is -2.12. The molecule has 1 heterocycles. The van der Waals surface area contributed by atoms with E-state index in [4.69, 9.17) is 0 Å². The first-order valence-electron chi connectivity index (χ1n) is 7.65. The molecule has 0 N–H and O–H groups in total. The lowest BCUT2D eigenvalue weighted by molar-refractivity contribution is 0.628. The molecule has 0 aliphatic carbocycles. The Labute approximate surface area is 130 Å². The molecular weight excluding hydrogens is 273 g/mol. The Morgan fingerprint density at radius 1 is 0.955 bits per heavy atom. The minimum atomic E-state index is -0.207. The summed E-state index contributed by atoms with van der Waals surface area (Å²) in [6.45, 7) is 6.43. The zero-order chi connectivity index (χ0) is 15.7. The molecule has 112 valence electrons. The van der Waals surface area contributed by atoms with Crippen molar-refractivity contribution in [3.05, 3.63) is 66.1 Å². The lowest BCUT2D eigenvalue weighted by atomic mass is 10.0. The van der Waals surface area contributed by atoms with Crippen LogP contribution in [0.4, 0.5) is 4.39 Å². The first kappa shape index (κ1) is 14.6. The van der Waals surface area contributed by atoms with Gasteiger partial charge in [0.25, 0.3) is 0 Å². The van der Waals surface area contributed by atoms with Crippen LogP contribution in [-0.2, 0) is 0 Å². The summed E-state index contributed by atoms with van der Waals surface area (Å²) in [5, 5.41) is 2.46. The summed E-state index contributed by atoms with van der Waals surface area (Å²) in [5.74, 6) is 0.191. The zero-order valence-corrected chi connectivity index (χ0v) is 13.2. The van der Waals surface area contributed by atoms with E-state index >= 15 is 0 Å². The molecule has 0 spiro atoms. The van der Waals surface area contributed by atoms with Gasteiger partial charge in [-0.3, -0.25) is 0 Å². The lowest BCUT2D eigenvalue weighted by Crippen LogP contribution is -1.99. The predicted molar refractivity (Wildman–Crippen MR) is 92.4 cm³/mol. The van der Waals surface area contributed by atoms with Gasteiger partial charge in [0.2, 0.25) is 0 Å². The van der Waals surface area contributed by atoms with E-state index in [1.54, 1.807) is 0 Å². The van der Waals surface area contributed by atoms with Crippen molar-refractivity contribution in [1.82, 2.24) is 4.57 Å². The third kappa shape index (κ3) is 2.35. The Kier molecular flexibility index (Phi) is 3.84. The maximum atomic E-state index is 13.3. The molecule has 0 bridgehead atoms. The summed E-state index contributed by atoms with van der Waals surface area (Å²) in [6, 6.07) is 15.2. The van der Waals surface area contributed by atoms with Gasteiger partial charge in [0, 0.05) is 22.7 Å². The van der Waals surface area contributed by atoms with Crippen LogP contribution in [0.1, 0.15) is 32.4 Å². The quantitative estimate of drug-likeness (QED) is 0.553. The van der Waals surface area contributed by atoms with Crippen molar-refractivity contribution in [1.29, 1.82) is 0 Å². The van der Waals surface area contributed by atoms with Gasteiger partial charge in [-0.25, -0.2) is 4.39 Å². The minimum absolute atomic E-state index is 0.207. The molecule has 0 aliphatic heterocycles. The molecule has 2 aromatic carbocycles. The molecule has 22 heavy (non-hydrogen) atoms. The Morgan fingerprint density at radius 2 is 1.59 bits per heavy atom. The van der Waals surface area contributed by atoms with Gasteiger partial charge in [-0.1, -0.05) is 44.2 Å². The summed E-state index contributed by atoms with van der Waals surface area (Å²) in [5.41, 5.74) is 3.44. The fourth-order valence-electron chi connectivity index (χ4n) is 3.09. The van der Waals surface area contributed by atoms with Gasteiger partial charge >= 0.3 is 0 Å². The van der Waals surface area contributed by atoms with E-state index in [-0.39, 0.29) is 5.82 Å². The second-order valence-corrected chi connectivity index (χ2v) is 5.79. The number of halogens is 1. The Bertz CT molecular complexity index is 823. The average molecular weight is 293 g/mol. The second-order valence-electron chi connectivity index (χ2n) is 5.79. The van der Waals surface area contributed by atoms with Crippen LogP contribution in [0.2, 0.25) is 0 Å². The number of benzene rings is 2. The molecule has 0 saturated carbocycles. The summed E-state index contributed by atoms with van der Waals surface area (Å²) in [6.07, 6.45) is 4.13. The number of aromatic nitrogens is 1. The highest BCUT2D eigenvalue weighted by molar-refractivity contribution is 5.99. The van der Waals surface area contributed by atoms with Gasteiger partial charge in [-0.15, -0.1) is 0 Å². The Morgan fingerprint density at radius 3 is 2.18 bits per heavy atom. The van der Waals surface area contributed by atoms with Crippen molar-refractivity contribution in [3.63, 3.8) is 0 Å². The highest BCUT2D eigenvalue weighted by atomic mass is 19.1. The maximum Gasteiger partial charge on any atom is 0.123 e. The first-order valence-corrected chi connectivity index (χ1v) is 7.65. The van der Waals surface area contributed by atoms with Crippen LogP contribution in [0.3, 0.4) is 0 Å². The topological polar surface area (TPSA) is 4.93 Å². The largest absolute Gasteiger partial charge is 0.319 e. The molecule has 0 amide bonds. The maximum absolute atomic E-state index is 13.3. The molecule has 0 saturated heterocycles. The van der Waals surface area contributed by atoms with Gasteiger partial charge in [0.15, 0.2) is 0 Å². The number of fused-ring (bicyclic) bond motifs is 1. The molecule has 1 nitrogen and oxygen atoms in total. The van der Waals surface area contributed by atoms with Crippen LogP contribution in [0.15, 0.2) is 54.6 Å². The summed E-state index contributed by atoms with van der Waals surface area (Å²) in [4.78, 5) is 0. The van der Waals surface area contributed by atoms with E-state index in [0.29, 0.717) is 5.92 Å². The van der Waals surface area contributed by atoms with Crippen LogP contribution in [0.5, 0.6) is 0 Å². The average Bonchev–Trinajstić information content (AvgIpc) is 2.83. The Hall–Kier alpha value is -2.35. The smallest absolute Gasteiger partial charge is 0.123 e. The van der Waals surface area contributed by atoms with Crippen molar-refractivity contribution < 1.29 is 4.39 Å². The first-order chi connectivity index (χ1) is 10.6. The molecule has 1 aromatic heterocycles. The molecule has 0 fully saturated rings. The fraction of sp³-hybridized carbons (Fsp3) is 0.200. The second kappa shape index (κ2) is 5.80. The van der Waals surface area contributed by atoms with Crippen LogP contribution < -0.4 is 0 Å². The van der Waals surface area contributed by atoms with Crippen molar-refractivity contribution in [2.24, 2.45) is 0 Å². The Balaban J connectivity index is 2.41. The predicted octanol–water partition coefficient (Wildman–Crippen LogP) is 6.06. The molecule has 2 heteroatoms. The van der Waals surface area contributed by atoms with Crippen LogP contribution in [-0.4, -0.2) is 4.57 Å². The van der Waals surface area contributed by atoms with Crippen molar-refractivity contribution in [2.45, 2.75) is 26.7 Å². The minimum Gasteiger partial charge on any atom is -0.319 e. The van der Waals surface area contributed by atoms with E-state index in [0.717, 1.165) is 11.3 Å². The SMILES string of the molecule is C/C=C/n1c(-c2ccc(F)cc2)c2ccccc2c1C(C)C. The van der Waals surface area contributed by atoms with Crippen LogP contribution in [0, 0.1) is 5.82 Å². The molecule has 0 unspecified atom stereocenters. The zero-order valence-electron chi connectivity index (χ0n) is 13.2. The standard InChI is InChI=1S/C20H20FN/c1-4-13-22-19(14(2)3)17-7-5-6-8-18(17)20(22)15-9-11-16(21)12-10-15/h4-14H,1-3H3/b13-4+. The van der Waals surface area contributed by atoms with Gasteiger partial charge in [0.05, 0.1) is 5.69 Å². The van der Waals surface area contributed by atoms with Crippen LogP contribution in [0.25, 0.3) is 28.2 Å². The number of allylic oxidation sites excluding steroid dienone is 1. The van der Waals surface area contributed by atoms with Gasteiger partial charge in [-0.2, -0.15) is 0 Å². The molecule has 0 aliphatic rings. The monoisotopic (exact) mass is 293 g/mol. The molecule has 0 atom stereocenters. The van der Waals surface area contributed by atoms with Gasteiger partial charge in [0.1, 0.15) is 5.82 Å². The highest BCUT2D eigenvalue weighted by Crippen LogP contribution is 2.37. The van der Waals surface area contributed by atoms with Gasteiger partial charge < -0.3 is 4.57 Å². The van der Waals surface area contributed by atoms with E-state index in [9.17, 15) is 4.39 Å². The normalized spacial score (nSPS) is 11.9. The number of hydrogen-bond acceptors (Lipinski definition) is 0. The summed E-state index contributed by atoms with van der Waals surface area (Å²) in [7, 11) is 0. The van der Waals surface area contributed by atoms with Crippen molar-refractivity contribution in [2.75, 3.05) is 0 Å². The molecule has 3 aromatic rings. The number of hydrogen-bond donors (Lipinski definition) is 0. The van der Waals surface area contributed by atoms with E-state index < -0.39 is 0 Å². The molecule has 3 rings (SSSR count). The van der Waals surface area contributed by atoms with E-state index in [1.807, 2.05) is 25.1 Å². The fourth-order valence-corrected chi connectivity index (χ4v) is 3.09. The van der Waals surface area contributed by atoms with E-state index in [2.05, 4.69) is 48.9 Å². The van der Waals surface area contributed by atoms with Crippen LogP contribution >= 0.6 is 0 Å². The third-order valence-corrected chi connectivity index (χ3v) is 3.92. The summed E-state index contributed by atoms with van der Waals surface area (Å²) >= 11 is 0. The van der Waals surface area contributed by atoms with Crippen molar-refractivity contribution in [3.8, 4) is 11.3 Å².